The number of nitrogens with zero attached hydrogens (tertiary/aromatic N) is 3. The summed E-state index contributed by atoms with van der Waals surface area (Å²) in [4.78, 5) is 12.0. The van der Waals surface area contributed by atoms with E-state index in [4.69, 9.17) is 15.3 Å². The summed E-state index contributed by atoms with van der Waals surface area (Å²) in [7, 11) is 0. The Kier molecular flexibility index (Phi) is 4.31. The predicted molar refractivity (Wildman–Crippen MR) is 74.8 cm³/mol. The van der Waals surface area contributed by atoms with Crippen molar-refractivity contribution in [1.82, 2.24) is 15.0 Å². The molecule has 0 bridgehead atoms. The normalized spacial score (nSPS) is 10.2. The summed E-state index contributed by atoms with van der Waals surface area (Å²) >= 11 is 0. The van der Waals surface area contributed by atoms with Gasteiger partial charge < -0.3 is 9.47 Å². The SMILES string of the molecule is CCOc1nc(NN)nc(Oc2ccc(C)c(C)c2)n1. The second-order valence-corrected chi connectivity index (χ2v) is 4.15. The van der Waals surface area contributed by atoms with Gasteiger partial charge in [0.25, 0.3) is 0 Å². The lowest BCUT2D eigenvalue weighted by atomic mass is 10.1. The average molecular weight is 275 g/mol. The number of nitrogens with two attached hydrogens (primary N) is 1. The predicted octanol–water partition coefficient (Wildman–Crippen LogP) is 1.97. The number of rotatable bonds is 5. The molecule has 1 aromatic carbocycles. The number of hydrogen-bond donors (Lipinski definition) is 2. The van der Waals surface area contributed by atoms with Gasteiger partial charge in [-0.05, 0) is 44.0 Å². The van der Waals surface area contributed by atoms with Gasteiger partial charge in [-0.15, -0.1) is 4.98 Å². The molecule has 0 saturated carbocycles. The van der Waals surface area contributed by atoms with Crippen LogP contribution in [-0.2, 0) is 0 Å². The van der Waals surface area contributed by atoms with E-state index in [-0.39, 0.29) is 18.0 Å². The molecule has 3 N–H and O–H groups in total. The minimum Gasteiger partial charge on any atom is -0.464 e. The maximum atomic E-state index is 5.61. The first kappa shape index (κ1) is 14.0. The van der Waals surface area contributed by atoms with Crippen LogP contribution >= 0.6 is 0 Å². The number of nitrogen functional groups attached to an aromatic ring is 1. The lowest BCUT2D eigenvalue weighted by Crippen LogP contribution is -2.12. The van der Waals surface area contributed by atoms with Crippen LogP contribution in [0.3, 0.4) is 0 Å². The average Bonchev–Trinajstić information content (AvgIpc) is 2.43. The summed E-state index contributed by atoms with van der Waals surface area (Å²) in [6.07, 6.45) is 0. The first-order valence-corrected chi connectivity index (χ1v) is 6.23. The highest BCUT2D eigenvalue weighted by molar-refractivity contribution is 5.36. The van der Waals surface area contributed by atoms with Gasteiger partial charge in [-0.1, -0.05) is 6.07 Å². The highest BCUT2D eigenvalue weighted by Gasteiger charge is 2.09. The molecule has 0 atom stereocenters. The molecule has 0 amide bonds. The van der Waals surface area contributed by atoms with Gasteiger partial charge in [0.05, 0.1) is 6.61 Å². The molecule has 7 nitrogen and oxygen atoms in total. The van der Waals surface area contributed by atoms with Crippen molar-refractivity contribution in [1.29, 1.82) is 0 Å². The number of hydrogen-bond acceptors (Lipinski definition) is 7. The van der Waals surface area contributed by atoms with Crippen LogP contribution in [0.2, 0.25) is 0 Å². The minimum absolute atomic E-state index is 0.125. The van der Waals surface area contributed by atoms with Gasteiger partial charge >= 0.3 is 12.0 Å². The summed E-state index contributed by atoms with van der Waals surface area (Å²) in [5.74, 6) is 6.13. The van der Waals surface area contributed by atoms with Crippen molar-refractivity contribution in [3.8, 4) is 17.8 Å². The monoisotopic (exact) mass is 275 g/mol. The van der Waals surface area contributed by atoms with Crippen molar-refractivity contribution < 1.29 is 9.47 Å². The zero-order chi connectivity index (χ0) is 14.5. The zero-order valence-electron chi connectivity index (χ0n) is 11.7. The molecule has 1 aromatic heterocycles. The van der Waals surface area contributed by atoms with E-state index in [0.29, 0.717) is 12.4 Å². The minimum atomic E-state index is 0.125. The van der Waals surface area contributed by atoms with Gasteiger partial charge in [0.1, 0.15) is 5.75 Å². The molecule has 0 aliphatic carbocycles. The highest BCUT2D eigenvalue weighted by atomic mass is 16.5. The van der Waals surface area contributed by atoms with Gasteiger partial charge in [-0.25, -0.2) is 5.84 Å². The maximum absolute atomic E-state index is 5.61. The molecule has 0 spiro atoms. The van der Waals surface area contributed by atoms with E-state index in [1.165, 1.54) is 5.56 Å². The van der Waals surface area contributed by atoms with E-state index < -0.39 is 0 Å². The van der Waals surface area contributed by atoms with Crippen molar-refractivity contribution in [2.24, 2.45) is 5.84 Å². The fourth-order valence-electron chi connectivity index (χ4n) is 1.52. The number of benzene rings is 1. The lowest BCUT2D eigenvalue weighted by molar-refractivity contribution is 0.304. The number of hydrazine groups is 1. The van der Waals surface area contributed by atoms with Crippen LogP contribution in [0, 0.1) is 13.8 Å². The van der Waals surface area contributed by atoms with Crippen LogP contribution in [0.4, 0.5) is 5.95 Å². The Bertz CT molecular complexity index is 603. The van der Waals surface area contributed by atoms with E-state index in [1.54, 1.807) is 0 Å². The Hall–Kier alpha value is -2.41. The first-order chi connectivity index (χ1) is 9.62. The van der Waals surface area contributed by atoms with Crippen LogP contribution < -0.4 is 20.7 Å². The molecule has 20 heavy (non-hydrogen) atoms. The van der Waals surface area contributed by atoms with Gasteiger partial charge in [-0.2, -0.15) is 9.97 Å². The molecule has 106 valence electrons. The summed E-state index contributed by atoms with van der Waals surface area (Å²) in [5.41, 5.74) is 4.66. The molecule has 2 rings (SSSR count). The Balaban J connectivity index is 2.27. The zero-order valence-corrected chi connectivity index (χ0v) is 11.7. The van der Waals surface area contributed by atoms with Crippen LogP contribution in [0.5, 0.6) is 17.8 Å². The Morgan fingerprint density at radius 2 is 1.85 bits per heavy atom. The number of aryl methyl sites for hydroxylation is 2. The molecule has 2 aromatic rings. The maximum Gasteiger partial charge on any atom is 0.330 e. The Morgan fingerprint density at radius 1 is 1.10 bits per heavy atom. The first-order valence-electron chi connectivity index (χ1n) is 6.23. The van der Waals surface area contributed by atoms with Gasteiger partial charge in [-0.3, -0.25) is 5.43 Å². The van der Waals surface area contributed by atoms with Crippen LogP contribution in [0.1, 0.15) is 18.1 Å². The smallest absolute Gasteiger partial charge is 0.330 e. The van der Waals surface area contributed by atoms with E-state index in [2.05, 4.69) is 20.4 Å². The third kappa shape index (κ3) is 3.33. The summed E-state index contributed by atoms with van der Waals surface area (Å²) in [6.45, 7) is 6.32. The van der Waals surface area contributed by atoms with Crippen LogP contribution in [0.15, 0.2) is 18.2 Å². The largest absolute Gasteiger partial charge is 0.464 e. The van der Waals surface area contributed by atoms with E-state index >= 15 is 0 Å². The Labute approximate surface area is 117 Å². The van der Waals surface area contributed by atoms with Gasteiger partial charge in [0.15, 0.2) is 0 Å². The van der Waals surface area contributed by atoms with Crippen LogP contribution in [0.25, 0.3) is 0 Å². The van der Waals surface area contributed by atoms with Crippen molar-refractivity contribution >= 4 is 5.95 Å². The molecule has 0 unspecified atom stereocenters. The van der Waals surface area contributed by atoms with Gasteiger partial charge in [0.2, 0.25) is 5.95 Å². The third-order valence-electron chi connectivity index (χ3n) is 2.68. The van der Waals surface area contributed by atoms with E-state index in [9.17, 15) is 0 Å². The van der Waals surface area contributed by atoms with Crippen molar-refractivity contribution in [2.75, 3.05) is 12.0 Å². The summed E-state index contributed by atoms with van der Waals surface area (Å²) in [6, 6.07) is 6.02. The quantitative estimate of drug-likeness (QED) is 0.636. The van der Waals surface area contributed by atoms with Crippen LogP contribution in [-0.4, -0.2) is 21.6 Å². The number of aromatic nitrogens is 3. The molecule has 7 heteroatoms. The van der Waals surface area contributed by atoms with E-state index in [0.717, 1.165) is 5.56 Å². The molecule has 0 saturated heterocycles. The number of ether oxygens (including phenoxy) is 2. The second-order valence-electron chi connectivity index (χ2n) is 4.15. The van der Waals surface area contributed by atoms with Crippen molar-refractivity contribution in [3.63, 3.8) is 0 Å². The molecular formula is C13H17N5O2. The fraction of sp³-hybridized carbons (Fsp3) is 0.308. The standard InChI is InChI=1S/C13H17N5O2/c1-4-19-12-15-11(18-14)16-13(17-12)20-10-6-5-8(2)9(3)7-10/h5-7H,4,14H2,1-3H3,(H,15,16,17,18). The van der Waals surface area contributed by atoms with Gasteiger partial charge in [0, 0.05) is 0 Å². The Morgan fingerprint density at radius 3 is 2.50 bits per heavy atom. The summed E-state index contributed by atoms with van der Waals surface area (Å²) < 4.78 is 10.8. The van der Waals surface area contributed by atoms with Crippen molar-refractivity contribution in [2.45, 2.75) is 20.8 Å². The molecule has 1 heterocycles. The molecule has 0 radical (unpaired) electrons. The second kappa shape index (κ2) is 6.16. The molecule has 0 fully saturated rings. The highest BCUT2D eigenvalue weighted by Crippen LogP contribution is 2.22. The van der Waals surface area contributed by atoms with E-state index in [1.807, 2.05) is 39.0 Å². The third-order valence-corrected chi connectivity index (χ3v) is 2.68. The lowest BCUT2D eigenvalue weighted by Gasteiger charge is -2.08. The number of anilines is 1. The molecule has 0 aliphatic rings. The number of nitrogens with one attached hydrogen (secondary N) is 1. The molecule has 0 aliphatic heterocycles. The molecular weight excluding hydrogens is 258 g/mol. The van der Waals surface area contributed by atoms with Crippen molar-refractivity contribution in [3.05, 3.63) is 29.3 Å². The topological polar surface area (TPSA) is 95.2 Å². The fourth-order valence-corrected chi connectivity index (χ4v) is 1.52. The summed E-state index contributed by atoms with van der Waals surface area (Å²) in [5, 5.41) is 0.